The SMILES string of the molecule is CCCCCn1cc([N+](=O)[O-])c(NC(=O)CCl)n1. The van der Waals surface area contributed by atoms with Gasteiger partial charge in [-0.3, -0.25) is 19.6 Å². The Morgan fingerprint density at radius 1 is 1.61 bits per heavy atom. The molecule has 0 spiro atoms. The Kier molecular flexibility index (Phi) is 5.57. The molecule has 0 aliphatic heterocycles. The van der Waals surface area contributed by atoms with E-state index in [0.717, 1.165) is 19.3 Å². The molecule has 1 heterocycles. The van der Waals surface area contributed by atoms with Gasteiger partial charge in [0, 0.05) is 6.54 Å². The molecule has 0 saturated carbocycles. The third kappa shape index (κ3) is 3.99. The van der Waals surface area contributed by atoms with Crippen LogP contribution in [0.4, 0.5) is 11.5 Å². The standard InChI is InChI=1S/C10H15ClN4O3/c1-2-3-4-5-14-7-8(15(17)18)10(13-14)12-9(16)6-11/h7H,2-6H2,1H3,(H,12,13,16). The van der Waals surface area contributed by atoms with Crippen LogP contribution in [0, 0.1) is 10.1 Å². The Balaban J connectivity index is 2.80. The van der Waals surface area contributed by atoms with Crippen molar-refractivity contribution in [1.82, 2.24) is 9.78 Å². The molecule has 0 bridgehead atoms. The van der Waals surface area contributed by atoms with Crippen molar-refractivity contribution in [2.75, 3.05) is 11.2 Å². The minimum absolute atomic E-state index is 0.0536. The number of hydrogen-bond donors (Lipinski definition) is 1. The maximum Gasteiger partial charge on any atom is 0.331 e. The molecule has 1 amide bonds. The zero-order valence-electron chi connectivity index (χ0n) is 10.1. The molecule has 0 saturated heterocycles. The highest BCUT2D eigenvalue weighted by atomic mass is 35.5. The minimum Gasteiger partial charge on any atom is -0.302 e. The van der Waals surface area contributed by atoms with Gasteiger partial charge in [0.15, 0.2) is 0 Å². The van der Waals surface area contributed by atoms with Gasteiger partial charge in [0.25, 0.3) is 0 Å². The van der Waals surface area contributed by atoms with Crippen molar-refractivity contribution in [1.29, 1.82) is 0 Å². The molecule has 0 atom stereocenters. The summed E-state index contributed by atoms with van der Waals surface area (Å²) >= 11 is 5.33. The zero-order valence-corrected chi connectivity index (χ0v) is 10.8. The molecule has 1 aromatic heterocycles. The van der Waals surface area contributed by atoms with Crippen LogP contribution in [0.5, 0.6) is 0 Å². The third-order valence-corrected chi connectivity index (χ3v) is 2.55. The predicted molar refractivity (Wildman–Crippen MR) is 67.8 cm³/mol. The number of alkyl halides is 1. The van der Waals surface area contributed by atoms with Crippen LogP contribution in [0.2, 0.25) is 0 Å². The quantitative estimate of drug-likeness (QED) is 0.357. The number of carbonyl (C=O) groups excluding carboxylic acids is 1. The van der Waals surface area contributed by atoms with E-state index in [0.29, 0.717) is 6.54 Å². The summed E-state index contributed by atoms with van der Waals surface area (Å²) in [6, 6.07) is 0. The topological polar surface area (TPSA) is 90.1 Å². The van der Waals surface area contributed by atoms with Gasteiger partial charge in [-0.2, -0.15) is 0 Å². The van der Waals surface area contributed by atoms with Gasteiger partial charge in [0.2, 0.25) is 11.7 Å². The van der Waals surface area contributed by atoms with Gasteiger partial charge in [-0.15, -0.1) is 16.7 Å². The normalized spacial score (nSPS) is 10.3. The number of amides is 1. The van der Waals surface area contributed by atoms with Crippen molar-refractivity contribution < 1.29 is 9.72 Å². The average molecular weight is 275 g/mol. The lowest BCUT2D eigenvalue weighted by atomic mass is 10.2. The minimum atomic E-state index is -0.576. The van der Waals surface area contributed by atoms with Crippen LogP contribution in [-0.2, 0) is 11.3 Å². The number of hydrogen-bond acceptors (Lipinski definition) is 4. The zero-order chi connectivity index (χ0) is 13.5. The first-order valence-corrected chi connectivity index (χ1v) is 6.19. The van der Waals surface area contributed by atoms with Gasteiger partial charge in [-0.05, 0) is 6.42 Å². The number of nitro groups is 1. The van der Waals surface area contributed by atoms with Crippen LogP contribution < -0.4 is 5.32 Å². The Hall–Kier alpha value is -1.63. The first-order valence-electron chi connectivity index (χ1n) is 5.66. The highest BCUT2D eigenvalue weighted by molar-refractivity contribution is 6.29. The van der Waals surface area contributed by atoms with E-state index < -0.39 is 10.8 Å². The lowest BCUT2D eigenvalue weighted by Gasteiger charge is -1.99. The van der Waals surface area contributed by atoms with E-state index in [9.17, 15) is 14.9 Å². The summed E-state index contributed by atoms with van der Waals surface area (Å²) in [5.41, 5.74) is -0.218. The molecule has 1 N–H and O–H groups in total. The summed E-state index contributed by atoms with van der Waals surface area (Å²) in [7, 11) is 0. The fourth-order valence-corrected chi connectivity index (χ4v) is 1.50. The van der Waals surface area contributed by atoms with Crippen LogP contribution in [0.15, 0.2) is 6.20 Å². The van der Waals surface area contributed by atoms with Crippen molar-refractivity contribution >= 4 is 29.0 Å². The van der Waals surface area contributed by atoms with Gasteiger partial charge < -0.3 is 5.32 Å². The largest absolute Gasteiger partial charge is 0.331 e. The molecule has 0 unspecified atom stereocenters. The van der Waals surface area contributed by atoms with E-state index in [1.54, 1.807) is 0 Å². The van der Waals surface area contributed by atoms with Crippen molar-refractivity contribution in [2.45, 2.75) is 32.7 Å². The molecule has 18 heavy (non-hydrogen) atoms. The van der Waals surface area contributed by atoms with Crippen molar-refractivity contribution in [3.8, 4) is 0 Å². The van der Waals surface area contributed by atoms with Gasteiger partial charge in [-0.25, -0.2) is 0 Å². The molecule has 100 valence electrons. The lowest BCUT2D eigenvalue weighted by Crippen LogP contribution is -2.14. The summed E-state index contributed by atoms with van der Waals surface area (Å²) in [5.74, 6) is -0.833. The summed E-state index contributed by atoms with van der Waals surface area (Å²) in [6.07, 6.45) is 4.29. The van der Waals surface area contributed by atoms with Crippen molar-refractivity contribution in [3.63, 3.8) is 0 Å². The molecule has 0 aromatic carbocycles. The highest BCUT2D eigenvalue weighted by Crippen LogP contribution is 2.22. The molecular formula is C10H15ClN4O3. The molecular weight excluding hydrogens is 260 g/mol. The van der Waals surface area contributed by atoms with Crippen LogP contribution >= 0.6 is 11.6 Å². The summed E-state index contributed by atoms with van der Waals surface area (Å²) in [5, 5.41) is 17.1. The van der Waals surface area contributed by atoms with Crippen LogP contribution in [0.1, 0.15) is 26.2 Å². The van der Waals surface area contributed by atoms with E-state index in [-0.39, 0.29) is 17.4 Å². The predicted octanol–water partition coefficient (Wildman–Crippen LogP) is 2.16. The second kappa shape index (κ2) is 6.95. The Morgan fingerprint density at radius 2 is 2.33 bits per heavy atom. The Morgan fingerprint density at radius 3 is 2.89 bits per heavy atom. The average Bonchev–Trinajstić information content (AvgIpc) is 2.72. The summed E-state index contributed by atoms with van der Waals surface area (Å²) in [6.45, 7) is 2.66. The molecule has 8 heteroatoms. The van der Waals surface area contributed by atoms with Crippen LogP contribution in [-0.4, -0.2) is 26.5 Å². The van der Waals surface area contributed by atoms with Crippen molar-refractivity contribution in [3.05, 3.63) is 16.3 Å². The maximum absolute atomic E-state index is 11.1. The first kappa shape index (κ1) is 14.4. The number of nitrogens with one attached hydrogen (secondary N) is 1. The van der Waals surface area contributed by atoms with Gasteiger partial charge in [-0.1, -0.05) is 19.8 Å². The molecule has 0 radical (unpaired) electrons. The number of anilines is 1. The monoisotopic (exact) mass is 274 g/mol. The van der Waals surface area contributed by atoms with Crippen molar-refractivity contribution in [2.24, 2.45) is 0 Å². The Labute approximate surface area is 109 Å². The lowest BCUT2D eigenvalue weighted by molar-refractivity contribution is -0.384. The molecule has 0 fully saturated rings. The summed E-state index contributed by atoms with van der Waals surface area (Å²) < 4.78 is 1.47. The fourth-order valence-electron chi connectivity index (χ4n) is 1.44. The van der Waals surface area contributed by atoms with Crippen LogP contribution in [0.25, 0.3) is 0 Å². The second-order valence-electron chi connectivity index (χ2n) is 3.77. The molecule has 7 nitrogen and oxygen atoms in total. The number of aromatic nitrogens is 2. The summed E-state index contributed by atoms with van der Waals surface area (Å²) in [4.78, 5) is 21.3. The van der Waals surface area contributed by atoms with Gasteiger partial charge in [0.1, 0.15) is 12.1 Å². The highest BCUT2D eigenvalue weighted by Gasteiger charge is 2.20. The second-order valence-corrected chi connectivity index (χ2v) is 4.04. The van der Waals surface area contributed by atoms with Crippen LogP contribution in [0.3, 0.4) is 0 Å². The number of aryl methyl sites for hydroxylation is 1. The number of nitrogens with zero attached hydrogens (tertiary/aromatic N) is 3. The first-order chi connectivity index (χ1) is 8.58. The number of carbonyl (C=O) groups is 1. The van der Waals surface area contributed by atoms with E-state index in [4.69, 9.17) is 11.6 Å². The van der Waals surface area contributed by atoms with E-state index in [1.807, 2.05) is 0 Å². The number of unbranched alkanes of at least 4 members (excludes halogenated alkanes) is 2. The molecule has 1 aromatic rings. The van der Waals surface area contributed by atoms with E-state index >= 15 is 0 Å². The smallest absolute Gasteiger partial charge is 0.302 e. The number of rotatable bonds is 7. The van der Waals surface area contributed by atoms with Gasteiger partial charge in [0.05, 0.1) is 4.92 Å². The number of halogens is 1. The maximum atomic E-state index is 11.1. The molecule has 1 rings (SSSR count). The fraction of sp³-hybridized carbons (Fsp3) is 0.600. The van der Waals surface area contributed by atoms with Gasteiger partial charge >= 0.3 is 5.69 Å². The molecule has 0 aliphatic carbocycles. The third-order valence-electron chi connectivity index (χ3n) is 2.31. The molecule has 0 aliphatic rings. The van der Waals surface area contributed by atoms with E-state index in [2.05, 4.69) is 17.3 Å². The van der Waals surface area contributed by atoms with E-state index in [1.165, 1.54) is 10.9 Å². The Bertz CT molecular complexity index is 433.